The number of hydrogen-bond donors (Lipinski definition) is 2. The van der Waals surface area contributed by atoms with Crippen molar-refractivity contribution >= 4 is 16.9 Å². The van der Waals surface area contributed by atoms with Crippen LogP contribution in [0.25, 0.3) is 22.4 Å². The second kappa shape index (κ2) is 10.7. The van der Waals surface area contributed by atoms with Crippen molar-refractivity contribution in [3.8, 4) is 23.0 Å². The van der Waals surface area contributed by atoms with E-state index in [1.165, 1.54) is 0 Å². The van der Waals surface area contributed by atoms with Gasteiger partial charge >= 0.3 is 0 Å². The zero-order valence-electron chi connectivity index (χ0n) is 19.9. The number of aromatic amines is 1. The fourth-order valence-electron chi connectivity index (χ4n) is 4.14. The van der Waals surface area contributed by atoms with Gasteiger partial charge in [-0.15, -0.1) is 5.10 Å². The van der Waals surface area contributed by atoms with Crippen molar-refractivity contribution in [2.24, 2.45) is 0 Å². The first kappa shape index (κ1) is 23.1. The number of ether oxygens (including phenoxy) is 3. The van der Waals surface area contributed by atoms with Crippen LogP contribution in [0.4, 0.5) is 5.82 Å². The number of nitrogen functional groups attached to an aromatic ring is 1. The Morgan fingerprint density at radius 2 is 1.94 bits per heavy atom. The molecule has 9 nitrogen and oxygen atoms in total. The summed E-state index contributed by atoms with van der Waals surface area (Å²) < 4.78 is 17.4. The summed E-state index contributed by atoms with van der Waals surface area (Å²) in [7, 11) is 0. The first-order valence-electron chi connectivity index (χ1n) is 11.9. The van der Waals surface area contributed by atoms with Gasteiger partial charge in [0.1, 0.15) is 30.2 Å². The van der Waals surface area contributed by atoms with Crippen molar-refractivity contribution < 1.29 is 14.2 Å². The number of aromatic nitrogens is 4. The molecule has 4 aromatic rings. The van der Waals surface area contributed by atoms with E-state index in [2.05, 4.69) is 25.1 Å². The maximum absolute atomic E-state index is 6.31. The van der Waals surface area contributed by atoms with Gasteiger partial charge < -0.3 is 19.9 Å². The molecule has 0 radical (unpaired) electrons. The number of aryl methyl sites for hydroxylation is 1. The number of H-pyrrole nitrogens is 1. The Morgan fingerprint density at radius 1 is 1.06 bits per heavy atom. The molecule has 1 aliphatic rings. The number of nitrogens with two attached hydrogens (primary N) is 1. The lowest BCUT2D eigenvalue weighted by atomic mass is 10.1. The Kier molecular flexibility index (Phi) is 7.06. The maximum Gasteiger partial charge on any atom is 0.246 e. The van der Waals surface area contributed by atoms with E-state index in [-0.39, 0.29) is 0 Å². The molecule has 0 spiro atoms. The highest BCUT2D eigenvalue weighted by Gasteiger charge is 2.17. The smallest absolute Gasteiger partial charge is 0.246 e. The third kappa shape index (κ3) is 5.52. The van der Waals surface area contributed by atoms with Gasteiger partial charge in [-0.1, -0.05) is 30.3 Å². The molecule has 5 rings (SSSR count). The van der Waals surface area contributed by atoms with Crippen molar-refractivity contribution in [3.63, 3.8) is 0 Å². The molecule has 1 saturated heterocycles. The second-order valence-electron chi connectivity index (χ2n) is 8.60. The normalized spacial score (nSPS) is 14.7. The monoisotopic (exact) mass is 474 g/mol. The Morgan fingerprint density at radius 3 is 2.80 bits per heavy atom. The van der Waals surface area contributed by atoms with E-state index < -0.39 is 0 Å². The molecular formula is C26H30N6O3. The molecule has 3 heterocycles. The SMILES string of the molecule is Cc1cc(-c2nc(N)c3c(OCCN4CCCOCC4)n[nH]c3n2)ccc1OCc1ccccc1. The van der Waals surface area contributed by atoms with Crippen molar-refractivity contribution in [1.29, 1.82) is 0 Å². The minimum atomic E-state index is 0.332. The summed E-state index contributed by atoms with van der Waals surface area (Å²) in [6.07, 6.45) is 1.04. The minimum Gasteiger partial charge on any atom is -0.489 e. The second-order valence-corrected chi connectivity index (χ2v) is 8.60. The zero-order valence-corrected chi connectivity index (χ0v) is 19.9. The van der Waals surface area contributed by atoms with E-state index in [0.717, 1.165) is 61.7 Å². The van der Waals surface area contributed by atoms with Crippen molar-refractivity contribution in [2.75, 3.05) is 45.2 Å². The summed E-state index contributed by atoms with van der Waals surface area (Å²) in [4.78, 5) is 11.5. The van der Waals surface area contributed by atoms with Crippen LogP contribution in [-0.4, -0.2) is 64.5 Å². The third-order valence-electron chi connectivity index (χ3n) is 6.05. The van der Waals surface area contributed by atoms with Crippen LogP contribution in [0.1, 0.15) is 17.5 Å². The first-order valence-corrected chi connectivity index (χ1v) is 11.9. The molecule has 2 aromatic heterocycles. The molecule has 1 fully saturated rings. The minimum absolute atomic E-state index is 0.332. The van der Waals surface area contributed by atoms with Crippen LogP contribution >= 0.6 is 0 Å². The van der Waals surface area contributed by atoms with Gasteiger partial charge in [0, 0.05) is 31.8 Å². The highest BCUT2D eigenvalue weighted by molar-refractivity contribution is 5.91. The van der Waals surface area contributed by atoms with Gasteiger partial charge in [-0.25, -0.2) is 9.97 Å². The molecule has 35 heavy (non-hydrogen) atoms. The molecule has 0 bridgehead atoms. The fourth-order valence-corrected chi connectivity index (χ4v) is 4.14. The van der Waals surface area contributed by atoms with Crippen LogP contribution in [-0.2, 0) is 11.3 Å². The van der Waals surface area contributed by atoms with Crippen LogP contribution in [0.2, 0.25) is 0 Å². The summed E-state index contributed by atoms with van der Waals surface area (Å²) in [5.41, 5.74) is 9.83. The molecular weight excluding hydrogens is 444 g/mol. The topological polar surface area (TPSA) is 111 Å². The lowest BCUT2D eigenvalue weighted by Crippen LogP contribution is -2.30. The standard InChI is InChI=1S/C26H30N6O3/c1-18-16-20(8-9-21(18)35-17-19-6-3-2-4-7-19)24-28-23(27)22-25(29-24)30-31-26(22)34-15-12-32-10-5-13-33-14-11-32/h2-4,6-9,16H,5,10-15,17H2,1H3,(H3,27,28,29,30,31). The van der Waals surface area contributed by atoms with Crippen molar-refractivity contribution in [3.05, 3.63) is 59.7 Å². The highest BCUT2D eigenvalue weighted by Crippen LogP contribution is 2.30. The molecule has 182 valence electrons. The van der Waals surface area contributed by atoms with Crippen LogP contribution in [0.3, 0.4) is 0 Å². The summed E-state index contributed by atoms with van der Waals surface area (Å²) in [5, 5.41) is 7.83. The van der Waals surface area contributed by atoms with E-state index in [0.29, 0.717) is 41.8 Å². The third-order valence-corrected chi connectivity index (χ3v) is 6.05. The molecule has 0 atom stereocenters. The number of nitrogens with zero attached hydrogens (tertiary/aromatic N) is 4. The molecule has 3 N–H and O–H groups in total. The quantitative estimate of drug-likeness (QED) is 0.399. The molecule has 0 aliphatic carbocycles. The van der Waals surface area contributed by atoms with E-state index in [4.69, 9.17) is 19.9 Å². The average Bonchev–Trinajstić information content (AvgIpc) is 3.10. The van der Waals surface area contributed by atoms with Crippen LogP contribution < -0.4 is 15.2 Å². The van der Waals surface area contributed by atoms with E-state index in [1.54, 1.807) is 0 Å². The Hall–Kier alpha value is -3.69. The van der Waals surface area contributed by atoms with Gasteiger partial charge in [0.2, 0.25) is 5.88 Å². The number of benzene rings is 2. The number of rotatable bonds is 8. The molecule has 2 aromatic carbocycles. The van der Waals surface area contributed by atoms with E-state index in [1.807, 2.05) is 55.5 Å². The van der Waals surface area contributed by atoms with Crippen molar-refractivity contribution in [1.82, 2.24) is 25.1 Å². The van der Waals surface area contributed by atoms with Crippen LogP contribution in [0, 0.1) is 6.92 Å². The summed E-state index contributed by atoms with van der Waals surface area (Å²) in [6, 6.07) is 16.0. The highest BCUT2D eigenvalue weighted by atomic mass is 16.5. The summed E-state index contributed by atoms with van der Waals surface area (Å²) in [5.74, 6) is 2.10. The maximum atomic E-state index is 6.31. The Labute approximate surface area is 204 Å². The Bertz CT molecular complexity index is 1270. The van der Waals surface area contributed by atoms with Gasteiger partial charge in [0.15, 0.2) is 11.5 Å². The van der Waals surface area contributed by atoms with Crippen LogP contribution in [0.15, 0.2) is 48.5 Å². The molecule has 0 amide bonds. The predicted octanol–water partition coefficient (Wildman–Crippen LogP) is 3.59. The van der Waals surface area contributed by atoms with Crippen LogP contribution in [0.5, 0.6) is 11.6 Å². The first-order chi connectivity index (χ1) is 17.2. The van der Waals surface area contributed by atoms with Gasteiger partial charge in [-0.05, 0) is 42.7 Å². The number of anilines is 1. The number of nitrogens with one attached hydrogen (secondary N) is 1. The summed E-state index contributed by atoms with van der Waals surface area (Å²) >= 11 is 0. The molecule has 9 heteroatoms. The largest absolute Gasteiger partial charge is 0.489 e. The number of fused-ring (bicyclic) bond motifs is 1. The molecule has 0 saturated carbocycles. The molecule has 1 aliphatic heterocycles. The number of hydrogen-bond acceptors (Lipinski definition) is 8. The lowest BCUT2D eigenvalue weighted by Gasteiger charge is -2.18. The van der Waals surface area contributed by atoms with Gasteiger partial charge in [0.05, 0.1) is 6.61 Å². The van der Waals surface area contributed by atoms with Gasteiger partial charge in [0.25, 0.3) is 0 Å². The fraction of sp³-hybridized carbons (Fsp3) is 0.346. The van der Waals surface area contributed by atoms with Crippen molar-refractivity contribution in [2.45, 2.75) is 20.0 Å². The average molecular weight is 475 g/mol. The zero-order chi connectivity index (χ0) is 24.0. The van der Waals surface area contributed by atoms with E-state index >= 15 is 0 Å². The van der Waals surface area contributed by atoms with E-state index in [9.17, 15) is 0 Å². The Balaban J connectivity index is 1.27. The van der Waals surface area contributed by atoms with Gasteiger partial charge in [-0.2, -0.15) is 0 Å². The lowest BCUT2D eigenvalue weighted by molar-refractivity contribution is 0.137. The summed E-state index contributed by atoms with van der Waals surface area (Å²) in [6.45, 7) is 7.32. The van der Waals surface area contributed by atoms with Gasteiger partial charge in [-0.3, -0.25) is 10.00 Å². The predicted molar refractivity (Wildman–Crippen MR) is 134 cm³/mol. The molecule has 0 unspecified atom stereocenters.